The van der Waals surface area contributed by atoms with Gasteiger partial charge in [0.05, 0.1) is 30.2 Å². The van der Waals surface area contributed by atoms with Gasteiger partial charge in [0.25, 0.3) is 0 Å². The molecule has 0 bridgehead atoms. The van der Waals surface area contributed by atoms with Gasteiger partial charge in [-0.15, -0.1) is 0 Å². The Morgan fingerprint density at radius 3 is 2.51 bits per heavy atom. The Balaban J connectivity index is 1.16. The van der Waals surface area contributed by atoms with E-state index in [1.807, 2.05) is 43.0 Å². The molecule has 2 saturated heterocycles. The molecule has 2 aliphatic rings. The topological polar surface area (TPSA) is 180 Å². The number of rotatable bonds is 12. The molecule has 51 heavy (non-hydrogen) atoms. The summed E-state index contributed by atoms with van der Waals surface area (Å²) in [6.45, 7) is 9.69. The molecule has 14 nitrogen and oxygen atoms in total. The number of amides is 2. The first-order valence-electron chi connectivity index (χ1n) is 17.1. The second kappa shape index (κ2) is 17.0. The molecule has 4 heterocycles. The number of aromatic nitrogens is 2. The van der Waals surface area contributed by atoms with E-state index in [-0.39, 0.29) is 51.7 Å². The molecule has 5 rings (SSSR count). The van der Waals surface area contributed by atoms with Crippen LogP contribution in [0.4, 0.5) is 17.2 Å². The summed E-state index contributed by atoms with van der Waals surface area (Å²) >= 11 is 2.14. The van der Waals surface area contributed by atoms with E-state index < -0.39 is 0 Å². The number of likely N-dealkylation sites (tertiary alicyclic amines) is 1. The van der Waals surface area contributed by atoms with Crippen molar-refractivity contribution in [3.8, 4) is 5.88 Å². The molecule has 5 N–H and O–H groups in total. The van der Waals surface area contributed by atoms with Gasteiger partial charge in [0, 0.05) is 74.9 Å². The Labute approximate surface area is 312 Å². The number of nitrogens with one attached hydrogen (secondary N) is 3. The minimum atomic E-state index is -0.278. The summed E-state index contributed by atoms with van der Waals surface area (Å²) in [7, 11) is 1.74. The number of carbonyl (C=O) groups is 2. The number of hydrogen-bond acceptors (Lipinski definition) is 10. The zero-order valence-electron chi connectivity index (χ0n) is 29.5. The summed E-state index contributed by atoms with van der Waals surface area (Å²) < 4.78 is 5.56. The van der Waals surface area contributed by atoms with Crippen LogP contribution in [0.15, 0.2) is 59.7 Å². The van der Waals surface area contributed by atoms with Crippen LogP contribution < -0.4 is 25.6 Å². The van der Waals surface area contributed by atoms with E-state index in [2.05, 4.69) is 59.6 Å². The Kier molecular flexibility index (Phi) is 12.6. The SMILES string of the molecule is CCN(C(=O)[C@@H]1CCN(CC(=O)N2CCN(c3ccc(C(=N)/N=C\NC)cc3)C[C@H]2C)C1)c1ccc(N)c(C(=N)c2ccc(OC(C)I)nc2)n1. The highest BCUT2D eigenvalue weighted by atomic mass is 127. The Morgan fingerprint density at radius 2 is 1.86 bits per heavy atom. The van der Waals surface area contributed by atoms with Crippen LogP contribution in [0.3, 0.4) is 0 Å². The van der Waals surface area contributed by atoms with Gasteiger partial charge in [0.2, 0.25) is 17.7 Å². The second-order valence-corrected chi connectivity index (χ2v) is 14.4. The lowest BCUT2D eigenvalue weighted by atomic mass is 10.1. The number of piperazine rings is 1. The van der Waals surface area contributed by atoms with Gasteiger partial charge >= 0.3 is 0 Å². The number of alkyl halides is 1. The van der Waals surface area contributed by atoms with Gasteiger partial charge in [0.1, 0.15) is 15.6 Å². The minimum absolute atomic E-state index is 0.0198. The van der Waals surface area contributed by atoms with E-state index in [1.54, 1.807) is 42.4 Å². The molecule has 1 unspecified atom stereocenters. The summed E-state index contributed by atoms with van der Waals surface area (Å²) in [5.41, 5.74) is 9.28. The van der Waals surface area contributed by atoms with E-state index in [1.165, 1.54) is 6.34 Å². The maximum absolute atomic E-state index is 13.8. The standard InChI is InChI=1S/C36H46IN11O3/c1-5-47(30-12-11-29(38)34(44-30)33(39)26-8-13-31(42-18-26)51-24(3)37)36(50)27-14-15-45(20-27)21-32(49)48-17-16-46(19-23(48)2)28-9-6-25(7-10-28)35(40)43-22-41-4/h6-13,18,22-24,27,39H,5,14-17,19-21,38H2,1-4H3,(H2,40,41,43)/t23-,24?,27-/m1/s1. The van der Waals surface area contributed by atoms with Crippen molar-refractivity contribution < 1.29 is 14.3 Å². The molecule has 2 aliphatic heterocycles. The number of benzene rings is 1. The summed E-state index contributed by atoms with van der Waals surface area (Å²) in [5.74, 6) is 0.808. The van der Waals surface area contributed by atoms with E-state index in [4.69, 9.17) is 21.3 Å². The third kappa shape index (κ3) is 9.18. The van der Waals surface area contributed by atoms with Gasteiger partial charge in [-0.3, -0.25) is 30.2 Å². The molecule has 270 valence electrons. The minimum Gasteiger partial charge on any atom is -0.464 e. The number of nitrogens with zero attached hydrogens (tertiary/aromatic N) is 7. The van der Waals surface area contributed by atoms with Crippen LogP contribution in [0, 0.1) is 16.7 Å². The molecule has 2 fully saturated rings. The number of amidine groups is 1. The highest BCUT2D eigenvalue weighted by Gasteiger charge is 2.35. The van der Waals surface area contributed by atoms with Gasteiger partial charge in [-0.1, -0.05) is 0 Å². The van der Waals surface area contributed by atoms with Crippen molar-refractivity contribution in [2.24, 2.45) is 10.9 Å². The van der Waals surface area contributed by atoms with Gasteiger partial charge in [-0.2, -0.15) is 0 Å². The van der Waals surface area contributed by atoms with E-state index in [0.717, 1.165) is 11.3 Å². The molecular weight excluding hydrogens is 761 g/mol. The summed E-state index contributed by atoms with van der Waals surface area (Å²) in [5, 5.41) is 19.7. The number of anilines is 3. The lowest BCUT2D eigenvalue weighted by Gasteiger charge is -2.41. The number of halogens is 1. The number of hydrogen-bond donors (Lipinski definition) is 4. The first-order chi connectivity index (χ1) is 24.5. The van der Waals surface area contributed by atoms with Gasteiger partial charge in [-0.05, 0) is 98.8 Å². The number of aliphatic imine (C=N–C) groups is 1. The summed E-state index contributed by atoms with van der Waals surface area (Å²) in [4.78, 5) is 48.2. The Bertz CT molecular complexity index is 1750. The normalized spacial score (nSPS) is 18.5. The maximum Gasteiger partial charge on any atom is 0.237 e. The fourth-order valence-corrected chi connectivity index (χ4v) is 6.68. The molecule has 2 amide bonds. The van der Waals surface area contributed by atoms with Crippen molar-refractivity contribution in [1.82, 2.24) is 25.1 Å². The first kappa shape index (κ1) is 37.6. The molecule has 0 saturated carbocycles. The number of pyridine rings is 2. The monoisotopic (exact) mass is 807 g/mol. The van der Waals surface area contributed by atoms with E-state index in [0.29, 0.717) is 68.6 Å². The largest absolute Gasteiger partial charge is 0.464 e. The highest BCUT2D eigenvalue weighted by molar-refractivity contribution is 14.1. The second-order valence-electron chi connectivity index (χ2n) is 12.7. The molecule has 0 aliphatic carbocycles. The number of nitrogen functional groups attached to an aromatic ring is 1. The lowest BCUT2D eigenvalue weighted by Crippen LogP contribution is -2.56. The maximum atomic E-state index is 13.8. The summed E-state index contributed by atoms with van der Waals surface area (Å²) in [6, 6.07) is 14.6. The fraction of sp³-hybridized carbons (Fsp3) is 0.417. The molecule has 0 spiro atoms. The molecule has 3 atom stereocenters. The molecule has 15 heteroatoms. The number of nitrogens with two attached hydrogens (primary N) is 1. The van der Waals surface area contributed by atoms with Crippen LogP contribution in [0.5, 0.6) is 5.88 Å². The van der Waals surface area contributed by atoms with Crippen molar-refractivity contribution in [2.45, 2.75) is 37.3 Å². The first-order valence-corrected chi connectivity index (χ1v) is 18.3. The third-order valence-corrected chi connectivity index (χ3v) is 9.33. The fourth-order valence-electron chi connectivity index (χ4n) is 6.42. The number of ether oxygens (including phenoxy) is 1. The Hall–Kier alpha value is -4.64. The van der Waals surface area contributed by atoms with Gasteiger partial charge in [0.15, 0.2) is 5.84 Å². The van der Waals surface area contributed by atoms with Crippen LogP contribution in [0.25, 0.3) is 0 Å². The van der Waals surface area contributed by atoms with E-state index in [9.17, 15) is 9.59 Å². The van der Waals surface area contributed by atoms with Crippen molar-refractivity contribution in [2.75, 3.05) is 68.4 Å². The van der Waals surface area contributed by atoms with Crippen molar-refractivity contribution >= 4 is 69.5 Å². The van der Waals surface area contributed by atoms with Crippen molar-refractivity contribution in [1.29, 1.82) is 10.8 Å². The average Bonchev–Trinajstić information content (AvgIpc) is 3.59. The number of carbonyl (C=O) groups excluding carboxylic acids is 2. The quantitative estimate of drug-likeness (QED) is 0.0921. The average molecular weight is 808 g/mol. The molecule has 0 radical (unpaired) electrons. The Morgan fingerprint density at radius 1 is 1.12 bits per heavy atom. The van der Waals surface area contributed by atoms with Crippen LogP contribution in [-0.2, 0) is 9.59 Å². The summed E-state index contributed by atoms with van der Waals surface area (Å²) in [6.07, 6.45) is 3.69. The molecular formula is C36H46IN11O3. The van der Waals surface area contributed by atoms with Gasteiger partial charge in [-0.25, -0.2) is 15.0 Å². The smallest absolute Gasteiger partial charge is 0.237 e. The predicted molar refractivity (Wildman–Crippen MR) is 210 cm³/mol. The lowest BCUT2D eigenvalue weighted by molar-refractivity contribution is -0.134. The van der Waals surface area contributed by atoms with Crippen LogP contribution in [0.1, 0.15) is 44.0 Å². The predicted octanol–water partition coefficient (Wildman–Crippen LogP) is 3.62. The molecule has 1 aromatic carbocycles. The molecule has 2 aromatic heterocycles. The third-order valence-electron chi connectivity index (χ3n) is 9.07. The van der Waals surface area contributed by atoms with Crippen LogP contribution >= 0.6 is 22.6 Å². The van der Waals surface area contributed by atoms with Crippen LogP contribution in [-0.4, -0.2) is 112 Å². The zero-order valence-corrected chi connectivity index (χ0v) is 31.6. The highest BCUT2D eigenvalue weighted by Crippen LogP contribution is 2.26. The van der Waals surface area contributed by atoms with Crippen molar-refractivity contribution in [3.05, 3.63) is 71.5 Å². The van der Waals surface area contributed by atoms with E-state index >= 15 is 0 Å². The van der Waals surface area contributed by atoms with Gasteiger partial charge < -0.3 is 25.6 Å². The van der Waals surface area contributed by atoms with Crippen LogP contribution in [0.2, 0.25) is 0 Å². The van der Waals surface area contributed by atoms with Crippen molar-refractivity contribution in [3.63, 3.8) is 0 Å². The molecule has 3 aromatic rings. The zero-order chi connectivity index (χ0) is 36.7.